The number of amides is 1. The lowest BCUT2D eigenvalue weighted by Crippen LogP contribution is -2.13. The van der Waals surface area contributed by atoms with Gasteiger partial charge in [0.2, 0.25) is 0 Å². The first kappa shape index (κ1) is 20.0. The first-order valence-electron chi connectivity index (χ1n) is 8.02. The number of aromatic nitrogens is 1. The summed E-state index contributed by atoms with van der Waals surface area (Å²) in [4.78, 5) is 17.4. The van der Waals surface area contributed by atoms with Crippen LogP contribution in [-0.4, -0.2) is 10.9 Å². The van der Waals surface area contributed by atoms with E-state index in [9.17, 15) is 14.4 Å². The molecule has 0 aliphatic carbocycles. The monoisotopic (exact) mass is 431 g/mol. The van der Waals surface area contributed by atoms with Crippen LogP contribution in [0.4, 0.5) is 9.52 Å². The molecular weight excluding hydrogens is 420 g/mol. The molecule has 0 atom stereocenters. The Hall–Kier alpha value is -2.72. The summed E-state index contributed by atoms with van der Waals surface area (Å²) < 4.78 is 13.0. The zero-order valence-electron chi connectivity index (χ0n) is 14.2. The van der Waals surface area contributed by atoms with Crippen molar-refractivity contribution in [3.63, 3.8) is 0 Å². The van der Waals surface area contributed by atoms with Crippen molar-refractivity contribution in [2.24, 2.45) is 0 Å². The molecule has 1 amide bonds. The fourth-order valence-corrected chi connectivity index (χ4v) is 3.50. The van der Waals surface area contributed by atoms with Crippen LogP contribution in [-0.2, 0) is 11.2 Å². The number of carbonyl (C=O) groups excluding carboxylic acids is 1. The van der Waals surface area contributed by atoms with Gasteiger partial charge in [0, 0.05) is 17.5 Å². The molecule has 0 unspecified atom stereocenters. The second kappa shape index (κ2) is 8.98. The van der Waals surface area contributed by atoms with Crippen molar-refractivity contribution in [2.75, 3.05) is 5.32 Å². The average molecular weight is 432 g/mol. The molecular formula is C20H12Cl2FN3OS. The molecule has 0 saturated carbocycles. The van der Waals surface area contributed by atoms with E-state index < -0.39 is 11.7 Å². The highest BCUT2D eigenvalue weighted by atomic mass is 35.5. The van der Waals surface area contributed by atoms with Gasteiger partial charge in [-0.1, -0.05) is 41.4 Å². The summed E-state index contributed by atoms with van der Waals surface area (Å²) in [6, 6.07) is 12.7. The standard InChI is InChI=1S/C20H12Cl2FN3OS/c21-17-6-3-13(9-18(17)22)8-16-11-25-20(28-16)26-19(27)14(10-24)7-12-1-4-15(23)5-2-12/h1-7,9,11H,8H2,(H,25,26,27)/b14-7+. The number of nitriles is 1. The Morgan fingerprint density at radius 1 is 1.21 bits per heavy atom. The number of rotatable bonds is 5. The Kier molecular flexibility index (Phi) is 6.42. The van der Waals surface area contributed by atoms with Gasteiger partial charge in [-0.25, -0.2) is 9.37 Å². The molecule has 4 nitrogen and oxygen atoms in total. The maximum Gasteiger partial charge on any atom is 0.268 e. The van der Waals surface area contributed by atoms with Crippen LogP contribution in [0.5, 0.6) is 0 Å². The summed E-state index contributed by atoms with van der Waals surface area (Å²) in [5.41, 5.74) is 1.41. The molecule has 0 aliphatic rings. The van der Waals surface area contributed by atoms with Gasteiger partial charge < -0.3 is 0 Å². The SMILES string of the molecule is N#C/C(=C\c1ccc(F)cc1)C(=O)Nc1ncc(Cc2ccc(Cl)c(Cl)c2)s1. The van der Waals surface area contributed by atoms with E-state index in [1.807, 2.05) is 12.1 Å². The lowest BCUT2D eigenvalue weighted by atomic mass is 10.1. The van der Waals surface area contributed by atoms with Gasteiger partial charge in [-0.15, -0.1) is 11.3 Å². The fourth-order valence-electron chi connectivity index (χ4n) is 2.34. The topological polar surface area (TPSA) is 65.8 Å². The largest absolute Gasteiger partial charge is 0.297 e. The summed E-state index contributed by atoms with van der Waals surface area (Å²) in [5, 5.41) is 13.2. The number of benzene rings is 2. The molecule has 0 fully saturated rings. The third-order valence-corrected chi connectivity index (χ3v) is 5.33. The molecule has 0 bridgehead atoms. The van der Waals surface area contributed by atoms with Gasteiger partial charge in [-0.05, 0) is 41.5 Å². The normalized spacial score (nSPS) is 11.1. The van der Waals surface area contributed by atoms with Crippen LogP contribution in [0.3, 0.4) is 0 Å². The van der Waals surface area contributed by atoms with Crippen LogP contribution in [0.2, 0.25) is 10.0 Å². The molecule has 3 rings (SSSR count). The van der Waals surface area contributed by atoms with Crippen LogP contribution in [0.1, 0.15) is 16.0 Å². The Morgan fingerprint density at radius 3 is 2.64 bits per heavy atom. The number of halogens is 3. The summed E-state index contributed by atoms with van der Waals surface area (Å²) in [7, 11) is 0. The van der Waals surface area contributed by atoms with Crippen molar-refractivity contribution in [1.82, 2.24) is 4.98 Å². The van der Waals surface area contributed by atoms with Gasteiger partial charge in [0.05, 0.1) is 10.0 Å². The average Bonchev–Trinajstić information content (AvgIpc) is 3.11. The molecule has 0 radical (unpaired) electrons. The molecule has 1 heterocycles. The third kappa shape index (κ3) is 5.17. The van der Waals surface area contributed by atoms with Gasteiger partial charge in [-0.3, -0.25) is 10.1 Å². The van der Waals surface area contributed by atoms with Crippen molar-refractivity contribution in [2.45, 2.75) is 6.42 Å². The number of nitrogens with zero attached hydrogens (tertiary/aromatic N) is 2. The first-order valence-corrected chi connectivity index (χ1v) is 9.59. The molecule has 0 saturated heterocycles. The summed E-state index contributed by atoms with van der Waals surface area (Å²) in [6.07, 6.45) is 3.62. The van der Waals surface area contributed by atoms with E-state index >= 15 is 0 Å². The highest BCUT2D eigenvalue weighted by molar-refractivity contribution is 7.15. The van der Waals surface area contributed by atoms with Gasteiger partial charge in [0.15, 0.2) is 5.13 Å². The number of nitrogens with one attached hydrogen (secondary N) is 1. The number of hydrogen-bond donors (Lipinski definition) is 1. The van der Waals surface area contributed by atoms with Crippen LogP contribution in [0.25, 0.3) is 6.08 Å². The third-order valence-electron chi connectivity index (χ3n) is 3.68. The molecule has 0 spiro atoms. The zero-order chi connectivity index (χ0) is 20.1. The number of anilines is 1. The highest BCUT2D eigenvalue weighted by Gasteiger charge is 2.12. The van der Waals surface area contributed by atoms with E-state index in [0.29, 0.717) is 27.2 Å². The van der Waals surface area contributed by atoms with Crippen molar-refractivity contribution < 1.29 is 9.18 Å². The second-order valence-corrected chi connectivity index (χ2v) is 7.66. The van der Waals surface area contributed by atoms with E-state index in [1.165, 1.54) is 41.7 Å². The van der Waals surface area contributed by atoms with Gasteiger partial charge in [0.1, 0.15) is 17.5 Å². The van der Waals surface area contributed by atoms with E-state index in [1.54, 1.807) is 18.3 Å². The molecule has 8 heteroatoms. The Labute approximate surface area is 174 Å². The summed E-state index contributed by atoms with van der Waals surface area (Å²) in [5.74, 6) is -0.973. The fraction of sp³-hybridized carbons (Fsp3) is 0.0500. The van der Waals surface area contributed by atoms with E-state index in [2.05, 4.69) is 10.3 Å². The van der Waals surface area contributed by atoms with E-state index in [0.717, 1.165) is 10.4 Å². The van der Waals surface area contributed by atoms with Crippen LogP contribution < -0.4 is 5.32 Å². The van der Waals surface area contributed by atoms with Crippen molar-refractivity contribution >= 4 is 51.7 Å². The molecule has 28 heavy (non-hydrogen) atoms. The number of carbonyl (C=O) groups is 1. The van der Waals surface area contributed by atoms with Gasteiger partial charge in [-0.2, -0.15) is 5.26 Å². The molecule has 140 valence electrons. The minimum atomic E-state index is -0.581. The number of hydrogen-bond acceptors (Lipinski definition) is 4. The predicted molar refractivity (Wildman–Crippen MR) is 110 cm³/mol. The minimum absolute atomic E-state index is 0.104. The molecule has 3 aromatic rings. The van der Waals surface area contributed by atoms with Crippen molar-refractivity contribution in [3.05, 3.63) is 86.1 Å². The predicted octanol–water partition coefficient (Wildman–Crippen LogP) is 5.73. The lowest BCUT2D eigenvalue weighted by molar-refractivity contribution is -0.112. The van der Waals surface area contributed by atoms with Crippen LogP contribution in [0, 0.1) is 17.1 Å². The van der Waals surface area contributed by atoms with E-state index in [-0.39, 0.29) is 5.57 Å². The highest BCUT2D eigenvalue weighted by Crippen LogP contribution is 2.26. The Bertz CT molecular complexity index is 1090. The minimum Gasteiger partial charge on any atom is -0.297 e. The molecule has 1 aromatic heterocycles. The quantitative estimate of drug-likeness (QED) is 0.414. The first-order chi connectivity index (χ1) is 13.4. The summed E-state index contributed by atoms with van der Waals surface area (Å²) >= 11 is 13.2. The molecule has 0 aliphatic heterocycles. The van der Waals surface area contributed by atoms with Crippen molar-refractivity contribution in [1.29, 1.82) is 5.26 Å². The number of thiazole rings is 1. The maximum atomic E-state index is 13.0. The Balaban J connectivity index is 1.69. The molecule has 2 aromatic carbocycles. The van der Waals surface area contributed by atoms with E-state index in [4.69, 9.17) is 23.2 Å². The smallest absolute Gasteiger partial charge is 0.268 e. The lowest BCUT2D eigenvalue weighted by Gasteiger charge is -2.01. The zero-order valence-corrected chi connectivity index (χ0v) is 16.6. The van der Waals surface area contributed by atoms with Gasteiger partial charge >= 0.3 is 0 Å². The van der Waals surface area contributed by atoms with Crippen LogP contribution >= 0.6 is 34.5 Å². The maximum absolute atomic E-state index is 13.0. The summed E-state index contributed by atoms with van der Waals surface area (Å²) in [6.45, 7) is 0. The second-order valence-electron chi connectivity index (χ2n) is 5.73. The van der Waals surface area contributed by atoms with Crippen LogP contribution in [0.15, 0.2) is 54.2 Å². The van der Waals surface area contributed by atoms with Crippen molar-refractivity contribution in [3.8, 4) is 6.07 Å². The van der Waals surface area contributed by atoms with Gasteiger partial charge in [0.25, 0.3) is 5.91 Å². The molecule has 1 N–H and O–H groups in total. The Morgan fingerprint density at radius 2 is 1.96 bits per heavy atom.